The fourth-order valence-electron chi connectivity index (χ4n) is 1.41. The van der Waals surface area contributed by atoms with Gasteiger partial charge in [0.25, 0.3) is 0 Å². The number of hydrogen-bond donors (Lipinski definition) is 2. The third-order valence-electron chi connectivity index (χ3n) is 1.99. The lowest BCUT2D eigenvalue weighted by atomic mass is 10.3. The second-order valence-electron chi connectivity index (χ2n) is 3.13. The maximum Gasteiger partial charge on any atom is 0.234 e. The summed E-state index contributed by atoms with van der Waals surface area (Å²) in [5.41, 5.74) is 0. The van der Waals surface area contributed by atoms with Crippen LogP contribution < -0.4 is 5.32 Å². The van der Waals surface area contributed by atoms with Crippen molar-refractivity contribution in [3.63, 3.8) is 0 Å². The molecule has 1 heterocycles. The fourth-order valence-corrected chi connectivity index (χ4v) is 1.41. The van der Waals surface area contributed by atoms with Gasteiger partial charge in [-0.25, -0.2) is 0 Å². The Morgan fingerprint density at radius 2 is 2.50 bits per heavy atom. The van der Waals surface area contributed by atoms with E-state index in [1.165, 1.54) is 0 Å². The Labute approximate surface area is 72.6 Å². The monoisotopic (exact) mass is 172 g/mol. The van der Waals surface area contributed by atoms with Gasteiger partial charge in [0.05, 0.1) is 12.6 Å². The van der Waals surface area contributed by atoms with Gasteiger partial charge in [-0.05, 0) is 13.3 Å². The molecular weight excluding hydrogens is 156 g/mol. The Morgan fingerprint density at radius 3 is 3.00 bits per heavy atom. The summed E-state index contributed by atoms with van der Waals surface area (Å²) in [6.45, 7) is 4.46. The standard InChI is InChI=1S/C8H16N2O2/c1-2-9-8(12)6-10-4-3-7(11)5-10/h7,11H,2-6H2,1H3,(H,9,12)/t7-/m1/s1. The number of hydrogen-bond acceptors (Lipinski definition) is 3. The van der Waals surface area contributed by atoms with E-state index < -0.39 is 0 Å². The number of likely N-dealkylation sites (tertiary alicyclic amines) is 1. The second-order valence-corrected chi connectivity index (χ2v) is 3.13. The van der Waals surface area contributed by atoms with Gasteiger partial charge in [0.15, 0.2) is 0 Å². The molecule has 0 saturated carbocycles. The highest BCUT2D eigenvalue weighted by molar-refractivity contribution is 5.77. The molecule has 1 atom stereocenters. The average molecular weight is 172 g/mol. The summed E-state index contributed by atoms with van der Waals surface area (Å²) in [4.78, 5) is 13.0. The Balaban J connectivity index is 2.18. The van der Waals surface area contributed by atoms with Crippen LogP contribution in [0.4, 0.5) is 0 Å². The lowest BCUT2D eigenvalue weighted by Gasteiger charge is -2.13. The van der Waals surface area contributed by atoms with Gasteiger partial charge in [0, 0.05) is 19.6 Å². The number of carbonyl (C=O) groups is 1. The lowest BCUT2D eigenvalue weighted by Crippen LogP contribution is -2.36. The zero-order valence-corrected chi connectivity index (χ0v) is 7.42. The van der Waals surface area contributed by atoms with Gasteiger partial charge < -0.3 is 10.4 Å². The molecule has 1 saturated heterocycles. The highest BCUT2D eigenvalue weighted by Gasteiger charge is 2.21. The van der Waals surface area contributed by atoms with Crippen molar-refractivity contribution in [3.05, 3.63) is 0 Å². The summed E-state index contributed by atoms with van der Waals surface area (Å²) in [5.74, 6) is 0.0478. The summed E-state index contributed by atoms with van der Waals surface area (Å²) < 4.78 is 0. The SMILES string of the molecule is CCNC(=O)CN1CC[C@@H](O)C1. The van der Waals surface area contributed by atoms with E-state index >= 15 is 0 Å². The van der Waals surface area contributed by atoms with Crippen LogP contribution in [0.15, 0.2) is 0 Å². The Bertz CT molecular complexity index is 161. The van der Waals surface area contributed by atoms with Crippen molar-refractivity contribution < 1.29 is 9.90 Å². The van der Waals surface area contributed by atoms with Gasteiger partial charge >= 0.3 is 0 Å². The van der Waals surface area contributed by atoms with E-state index in [1.54, 1.807) is 0 Å². The van der Waals surface area contributed by atoms with Gasteiger partial charge in [-0.15, -0.1) is 0 Å². The minimum Gasteiger partial charge on any atom is -0.392 e. The first-order chi connectivity index (χ1) is 5.72. The molecule has 0 unspecified atom stereocenters. The third kappa shape index (κ3) is 2.79. The third-order valence-corrected chi connectivity index (χ3v) is 1.99. The van der Waals surface area contributed by atoms with Crippen molar-refractivity contribution in [1.82, 2.24) is 10.2 Å². The number of nitrogens with zero attached hydrogens (tertiary/aromatic N) is 1. The van der Waals surface area contributed by atoms with E-state index in [2.05, 4.69) is 5.32 Å². The number of carbonyl (C=O) groups excluding carboxylic acids is 1. The van der Waals surface area contributed by atoms with Crippen LogP contribution in [0.5, 0.6) is 0 Å². The Kier molecular flexibility index (Phi) is 3.49. The molecule has 1 amide bonds. The van der Waals surface area contributed by atoms with Crippen molar-refractivity contribution >= 4 is 5.91 Å². The van der Waals surface area contributed by atoms with Crippen LogP contribution in [-0.2, 0) is 4.79 Å². The van der Waals surface area contributed by atoms with Crippen molar-refractivity contribution in [2.45, 2.75) is 19.4 Å². The molecule has 0 spiro atoms. The highest BCUT2D eigenvalue weighted by Crippen LogP contribution is 2.07. The summed E-state index contributed by atoms with van der Waals surface area (Å²) in [7, 11) is 0. The highest BCUT2D eigenvalue weighted by atomic mass is 16.3. The summed E-state index contributed by atoms with van der Waals surface area (Å²) in [6, 6.07) is 0. The van der Waals surface area contributed by atoms with E-state index in [0.29, 0.717) is 19.6 Å². The molecule has 1 aliphatic heterocycles. The smallest absolute Gasteiger partial charge is 0.234 e. The van der Waals surface area contributed by atoms with Gasteiger partial charge in [-0.1, -0.05) is 0 Å². The molecule has 1 rings (SSSR count). The maximum absolute atomic E-state index is 11.1. The molecule has 4 nitrogen and oxygen atoms in total. The normalized spacial score (nSPS) is 24.3. The van der Waals surface area contributed by atoms with Crippen molar-refractivity contribution in [2.75, 3.05) is 26.2 Å². The van der Waals surface area contributed by atoms with Crippen LogP contribution >= 0.6 is 0 Å². The molecule has 0 radical (unpaired) electrons. The predicted octanol–water partition coefficient (Wildman–Crippen LogP) is -0.811. The van der Waals surface area contributed by atoms with Crippen molar-refractivity contribution in [2.24, 2.45) is 0 Å². The summed E-state index contributed by atoms with van der Waals surface area (Å²) in [5, 5.41) is 11.9. The molecule has 12 heavy (non-hydrogen) atoms. The first kappa shape index (κ1) is 9.48. The molecule has 0 aromatic carbocycles. The number of aliphatic hydroxyl groups is 1. The van der Waals surface area contributed by atoms with Crippen LogP contribution in [0, 0.1) is 0 Å². The number of nitrogens with one attached hydrogen (secondary N) is 1. The number of rotatable bonds is 3. The van der Waals surface area contributed by atoms with Crippen LogP contribution in [0.3, 0.4) is 0 Å². The van der Waals surface area contributed by atoms with Crippen LogP contribution in [0.2, 0.25) is 0 Å². The minimum atomic E-state index is -0.237. The van der Waals surface area contributed by atoms with Gasteiger partial charge in [0.2, 0.25) is 5.91 Å². The maximum atomic E-state index is 11.1. The van der Waals surface area contributed by atoms with Crippen LogP contribution in [-0.4, -0.2) is 48.2 Å². The quantitative estimate of drug-likeness (QED) is 0.585. The van der Waals surface area contributed by atoms with Crippen molar-refractivity contribution in [3.8, 4) is 0 Å². The summed E-state index contributed by atoms with van der Waals surface area (Å²) >= 11 is 0. The average Bonchev–Trinajstić information content (AvgIpc) is 2.36. The van der Waals surface area contributed by atoms with E-state index in [0.717, 1.165) is 13.0 Å². The van der Waals surface area contributed by atoms with E-state index in [1.807, 2.05) is 11.8 Å². The Morgan fingerprint density at radius 1 is 1.75 bits per heavy atom. The molecular formula is C8H16N2O2. The molecule has 0 aromatic heterocycles. The van der Waals surface area contributed by atoms with Crippen LogP contribution in [0.1, 0.15) is 13.3 Å². The van der Waals surface area contributed by atoms with E-state index in [4.69, 9.17) is 5.11 Å². The number of β-amino-alcohol motifs (C(OH)–C–C–N with tert-alkyl or cyclic N) is 1. The molecule has 0 bridgehead atoms. The van der Waals surface area contributed by atoms with E-state index in [9.17, 15) is 4.79 Å². The Hall–Kier alpha value is -0.610. The zero-order chi connectivity index (χ0) is 8.97. The molecule has 1 fully saturated rings. The number of likely N-dealkylation sites (N-methyl/N-ethyl adjacent to an activating group) is 1. The van der Waals surface area contributed by atoms with Crippen LogP contribution in [0.25, 0.3) is 0 Å². The zero-order valence-electron chi connectivity index (χ0n) is 7.42. The summed E-state index contributed by atoms with van der Waals surface area (Å²) in [6.07, 6.45) is 0.554. The first-order valence-corrected chi connectivity index (χ1v) is 4.39. The molecule has 4 heteroatoms. The van der Waals surface area contributed by atoms with Gasteiger partial charge in [-0.2, -0.15) is 0 Å². The number of amides is 1. The fraction of sp³-hybridized carbons (Fsp3) is 0.875. The second kappa shape index (κ2) is 4.42. The molecule has 1 aliphatic rings. The largest absolute Gasteiger partial charge is 0.392 e. The van der Waals surface area contributed by atoms with Gasteiger partial charge in [-0.3, -0.25) is 9.69 Å². The van der Waals surface area contributed by atoms with E-state index in [-0.39, 0.29) is 12.0 Å². The lowest BCUT2D eigenvalue weighted by molar-refractivity contribution is -0.121. The first-order valence-electron chi connectivity index (χ1n) is 4.39. The topological polar surface area (TPSA) is 52.6 Å². The number of aliphatic hydroxyl groups excluding tert-OH is 1. The van der Waals surface area contributed by atoms with Gasteiger partial charge in [0.1, 0.15) is 0 Å². The molecule has 0 aliphatic carbocycles. The minimum absolute atomic E-state index is 0.0478. The molecule has 2 N–H and O–H groups in total. The predicted molar refractivity (Wildman–Crippen MR) is 45.7 cm³/mol. The van der Waals surface area contributed by atoms with Crippen molar-refractivity contribution in [1.29, 1.82) is 0 Å². The molecule has 0 aromatic rings. The molecule has 70 valence electrons.